The zero-order valence-corrected chi connectivity index (χ0v) is 13.9. The van der Waals surface area contributed by atoms with Crippen molar-refractivity contribution in [1.29, 1.82) is 0 Å². The van der Waals surface area contributed by atoms with Gasteiger partial charge in [0.15, 0.2) is 6.10 Å². The molecule has 1 N–H and O–H groups in total. The van der Waals surface area contributed by atoms with Gasteiger partial charge in [-0.25, -0.2) is 0 Å². The van der Waals surface area contributed by atoms with Gasteiger partial charge in [-0.15, -0.1) is 0 Å². The monoisotopic (exact) mass is 345 g/mol. The van der Waals surface area contributed by atoms with Crippen LogP contribution in [0.25, 0.3) is 0 Å². The van der Waals surface area contributed by atoms with Crippen molar-refractivity contribution in [2.75, 3.05) is 13.1 Å². The van der Waals surface area contributed by atoms with E-state index in [1.54, 1.807) is 4.90 Å². The van der Waals surface area contributed by atoms with E-state index in [9.17, 15) is 23.1 Å². The van der Waals surface area contributed by atoms with E-state index < -0.39 is 18.2 Å². The van der Waals surface area contributed by atoms with E-state index in [0.29, 0.717) is 30.8 Å². The number of alkyl halides is 3. The zero-order chi connectivity index (χ0) is 17.1. The predicted octanol–water partition coefficient (Wildman–Crippen LogP) is 3.36. The molecule has 1 heterocycles. The second kappa shape index (κ2) is 5.61. The average molecular weight is 345 g/mol. The molecular formula is C18H26F3NO2. The summed E-state index contributed by atoms with van der Waals surface area (Å²) in [5.41, 5.74) is -0.218. The summed E-state index contributed by atoms with van der Waals surface area (Å²) in [4.78, 5) is 15.0. The highest BCUT2D eigenvalue weighted by molar-refractivity contribution is 5.83. The van der Waals surface area contributed by atoms with Gasteiger partial charge < -0.3 is 10.0 Å². The highest BCUT2D eigenvalue weighted by atomic mass is 19.4. The smallest absolute Gasteiger partial charge is 0.383 e. The highest BCUT2D eigenvalue weighted by Crippen LogP contribution is 2.60. The molecule has 0 aromatic carbocycles. The minimum absolute atomic E-state index is 0.196. The van der Waals surface area contributed by atoms with Gasteiger partial charge in [-0.2, -0.15) is 13.2 Å². The minimum Gasteiger partial charge on any atom is -0.383 e. The summed E-state index contributed by atoms with van der Waals surface area (Å²) in [6, 6.07) is 0. The summed E-state index contributed by atoms with van der Waals surface area (Å²) >= 11 is 0. The fraction of sp³-hybridized carbons (Fsp3) is 0.944. The first kappa shape index (κ1) is 16.7. The SMILES string of the molecule is O=C(N1CCC(C(O)C(F)(F)F)CC1)C12CC3CC(CC(C3)C1)C2. The number of hydrogen-bond donors (Lipinski definition) is 1. The lowest BCUT2D eigenvalue weighted by molar-refractivity contribution is -0.223. The van der Waals surface area contributed by atoms with Crippen LogP contribution in [-0.2, 0) is 4.79 Å². The number of piperidine rings is 1. The van der Waals surface area contributed by atoms with Gasteiger partial charge in [0.25, 0.3) is 0 Å². The molecule has 5 rings (SSSR count). The van der Waals surface area contributed by atoms with Gasteiger partial charge >= 0.3 is 6.18 Å². The van der Waals surface area contributed by atoms with Gasteiger partial charge in [0.2, 0.25) is 5.91 Å². The molecule has 1 saturated heterocycles. The number of halogens is 3. The van der Waals surface area contributed by atoms with Crippen LogP contribution in [0.1, 0.15) is 51.4 Å². The second-order valence-corrected chi connectivity index (χ2v) is 8.81. The third-order valence-corrected chi connectivity index (χ3v) is 7.10. The number of rotatable bonds is 2. The van der Waals surface area contributed by atoms with Gasteiger partial charge in [-0.3, -0.25) is 4.79 Å². The maximum atomic E-state index is 13.2. The summed E-state index contributed by atoms with van der Waals surface area (Å²) in [5, 5.41) is 9.44. The van der Waals surface area contributed by atoms with Crippen molar-refractivity contribution in [2.24, 2.45) is 29.1 Å². The van der Waals surface area contributed by atoms with Crippen LogP contribution >= 0.6 is 0 Å². The maximum Gasteiger partial charge on any atom is 0.414 e. The molecule has 1 amide bonds. The Bertz CT molecular complexity index is 476. The molecule has 1 aliphatic heterocycles. The second-order valence-electron chi connectivity index (χ2n) is 8.81. The van der Waals surface area contributed by atoms with Crippen molar-refractivity contribution in [3.8, 4) is 0 Å². The van der Waals surface area contributed by atoms with Crippen LogP contribution in [-0.4, -0.2) is 41.3 Å². The number of carbonyl (C=O) groups excluding carboxylic acids is 1. The molecule has 3 nitrogen and oxygen atoms in total. The standard InChI is InChI=1S/C18H26F3NO2/c19-18(20,21)15(23)14-1-3-22(4-2-14)16(24)17-8-11-5-12(9-17)7-13(6-11)10-17/h11-15,23H,1-10H2. The Morgan fingerprint density at radius 1 is 1.00 bits per heavy atom. The third kappa shape index (κ3) is 2.74. The Labute approximate surface area is 140 Å². The summed E-state index contributed by atoms with van der Waals surface area (Å²) in [7, 11) is 0. The van der Waals surface area contributed by atoms with Crippen molar-refractivity contribution in [1.82, 2.24) is 4.90 Å². The number of amides is 1. The summed E-state index contributed by atoms with van der Waals surface area (Å²) < 4.78 is 38.0. The van der Waals surface area contributed by atoms with Crippen LogP contribution in [0.3, 0.4) is 0 Å². The minimum atomic E-state index is -4.56. The van der Waals surface area contributed by atoms with Crippen molar-refractivity contribution >= 4 is 5.91 Å². The van der Waals surface area contributed by atoms with Crippen LogP contribution in [0.5, 0.6) is 0 Å². The van der Waals surface area contributed by atoms with E-state index in [1.807, 2.05) is 0 Å². The van der Waals surface area contributed by atoms with Crippen LogP contribution < -0.4 is 0 Å². The maximum absolute atomic E-state index is 13.2. The van der Waals surface area contributed by atoms with Crippen molar-refractivity contribution in [3.63, 3.8) is 0 Å². The molecule has 0 aromatic rings. The lowest BCUT2D eigenvalue weighted by atomic mass is 9.49. The third-order valence-electron chi connectivity index (χ3n) is 7.10. The Balaban J connectivity index is 1.40. The molecule has 24 heavy (non-hydrogen) atoms. The number of aliphatic hydroxyl groups is 1. The Kier molecular flexibility index (Phi) is 3.90. The molecule has 5 fully saturated rings. The molecule has 0 radical (unpaired) electrons. The van der Waals surface area contributed by atoms with Crippen molar-refractivity contribution in [3.05, 3.63) is 0 Å². The summed E-state index contributed by atoms with van der Waals surface area (Å²) in [6.07, 6.45) is 0.461. The van der Waals surface area contributed by atoms with Gasteiger partial charge in [-0.1, -0.05) is 0 Å². The predicted molar refractivity (Wildman–Crippen MR) is 82.0 cm³/mol. The van der Waals surface area contributed by atoms with Crippen LogP contribution in [0.4, 0.5) is 13.2 Å². The van der Waals surface area contributed by atoms with Crippen LogP contribution in [0.15, 0.2) is 0 Å². The van der Waals surface area contributed by atoms with E-state index in [1.165, 1.54) is 19.3 Å². The molecule has 5 aliphatic rings. The first-order valence-electron chi connectivity index (χ1n) is 9.31. The first-order valence-corrected chi connectivity index (χ1v) is 9.31. The molecule has 136 valence electrons. The largest absolute Gasteiger partial charge is 0.414 e. The summed E-state index contributed by atoms with van der Waals surface area (Å²) in [5.74, 6) is 1.48. The zero-order valence-electron chi connectivity index (χ0n) is 13.9. The van der Waals surface area contributed by atoms with E-state index in [-0.39, 0.29) is 24.2 Å². The molecule has 4 aliphatic carbocycles. The number of nitrogens with zero attached hydrogens (tertiary/aromatic N) is 1. The molecular weight excluding hydrogens is 319 g/mol. The molecule has 6 heteroatoms. The fourth-order valence-corrected chi connectivity index (χ4v) is 6.39. The average Bonchev–Trinajstić information content (AvgIpc) is 2.51. The summed E-state index contributed by atoms with van der Waals surface area (Å²) in [6.45, 7) is 0.719. The van der Waals surface area contributed by atoms with E-state index >= 15 is 0 Å². The van der Waals surface area contributed by atoms with Crippen molar-refractivity contribution in [2.45, 2.75) is 63.6 Å². The number of aliphatic hydroxyl groups excluding tert-OH is 1. The van der Waals surface area contributed by atoms with E-state index in [2.05, 4.69) is 0 Å². The quantitative estimate of drug-likeness (QED) is 0.834. The van der Waals surface area contributed by atoms with Gasteiger partial charge in [-0.05, 0) is 75.0 Å². The van der Waals surface area contributed by atoms with Crippen molar-refractivity contribution < 1.29 is 23.1 Å². The highest BCUT2D eigenvalue weighted by Gasteiger charge is 2.56. The molecule has 1 unspecified atom stereocenters. The molecule has 0 spiro atoms. The van der Waals surface area contributed by atoms with Crippen LogP contribution in [0, 0.1) is 29.1 Å². The van der Waals surface area contributed by atoms with Gasteiger partial charge in [0.1, 0.15) is 0 Å². The van der Waals surface area contributed by atoms with E-state index in [4.69, 9.17) is 0 Å². The van der Waals surface area contributed by atoms with Gasteiger partial charge in [0, 0.05) is 13.1 Å². The van der Waals surface area contributed by atoms with E-state index in [0.717, 1.165) is 19.3 Å². The Hall–Kier alpha value is -0.780. The number of likely N-dealkylation sites (tertiary alicyclic amines) is 1. The molecule has 1 atom stereocenters. The Morgan fingerprint density at radius 3 is 1.88 bits per heavy atom. The molecule has 4 saturated carbocycles. The molecule has 0 aromatic heterocycles. The first-order chi connectivity index (χ1) is 11.3. The lowest BCUT2D eigenvalue weighted by Gasteiger charge is -2.57. The van der Waals surface area contributed by atoms with Crippen LogP contribution in [0.2, 0.25) is 0 Å². The fourth-order valence-electron chi connectivity index (χ4n) is 6.39. The normalized spacial score (nSPS) is 40.8. The van der Waals surface area contributed by atoms with Gasteiger partial charge in [0.05, 0.1) is 5.41 Å². The number of hydrogen-bond acceptors (Lipinski definition) is 2. The number of carbonyl (C=O) groups is 1. The topological polar surface area (TPSA) is 40.5 Å². The molecule has 4 bridgehead atoms. The Morgan fingerprint density at radius 2 is 1.46 bits per heavy atom. The lowest BCUT2D eigenvalue weighted by Crippen LogP contribution is -2.56.